The van der Waals surface area contributed by atoms with Gasteiger partial charge in [0, 0.05) is 28.5 Å². The Bertz CT molecular complexity index is 1890. The minimum Gasteiger partial charge on any atom is -0.460 e. The van der Waals surface area contributed by atoms with E-state index in [1.807, 2.05) is 54.6 Å². The topological polar surface area (TPSA) is 75.0 Å². The van der Waals surface area contributed by atoms with E-state index in [2.05, 4.69) is 72.0 Å². The third kappa shape index (κ3) is 4.19. The minimum atomic E-state index is -0.602. The second kappa shape index (κ2) is 9.99. The number of hydrogen-bond acceptors (Lipinski definition) is 3. The van der Waals surface area contributed by atoms with Crippen molar-refractivity contribution in [3.8, 4) is 11.1 Å². The van der Waals surface area contributed by atoms with Gasteiger partial charge in [0.2, 0.25) is 0 Å². The Morgan fingerprint density at radius 1 is 0.675 bits per heavy atom. The van der Waals surface area contributed by atoms with Crippen molar-refractivity contribution in [1.82, 2.24) is 5.32 Å². The number of allylic oxidation sites excluding steroid dienone is 1. The van der Waals surface area contributed by atoms with Crippen molar-refractivity contribution in [1.29, 1.82) is 5.41 Å². The molecule has 1 atom stereocenters. The van der Waals surface area contributed by atoms with Crippen LogP contribution >= 0.6 is 0 Å². The molecule has 5 aromatic carbocycles. The Labute approximate surface area is 233 Å². The molecule has 0 aliphatic heterocycles. The molecule has 4 N–H and O–H groups in total. The van der Waals surface area contributed by atoms with Gasteiger partial charge in [0.05, 0.1) is 0 Å². The lowest BCUT2D eigenvalue weighted by Gasteiger charge is -2.27. The van der Waals surface area contributed by atoms with Gasteiger partial charge in [-0.1, -0.05) is 115 Å². The highest BCUT2D eigenvalue weighted by molar-refractivity contribution is 6.10. The van der Waals surface area contributed by atoms with E-state index < -0.39 is 6.17 Å². The summed E-state index contributed by atoms with van der Waals surface area (Å²) >= 11 is 0. The van der Waals surface area contributed by atoms with Gasteiger partial charge in [-0.15, -0.1) is 0 Å². The average molecular weight is 520 g/mol. The Hall–Kier alpha value is -4.93. The Balaban J connectivity index is 1.33. The van der Waals surface area contributed by atoms with Crippen molar-refractivity contribution in [2.75, 3.05) is 0 Å². The molecule has 0 fully saturated rings. The van der Waals surface area contributed by atoms with E-state index in [9.17, 15) is 0 Å². The SMILES string of the molecule is N=C(NC(N)C1=C(c2ccc(-c3ccccc3)cc2)CCc2oc3ccccc3c21)c1cccc2ccccc12. The maximum absolute atomic E-state index is 9.03. The molecular formula is C36H29N3O. The molecule has 194 valence electrons. The first kappa shape index (κ1) is 24.1. The molecule has 0 bridgehead atoms. The van der Waals surface area contributed by atoms with Gasteiger partial charge < -0.3 is 15.5 Å². The van der Waals surface area contributed by atoms with Crippen LogP contribution in [0.3, 0.4) is 0 Å². The lowest BCUT2D eigenvalue weighted by molar-refractivity contribution is 0.545. The minimum absolute atomic E-state index is 0.301. The van der Waals surface area contributed by atoms with Crippen LogP contribution in [0, 0.1) is 5.41 Å². The number of rotatable bonds is 5. The van der Waals surface area contributed by atoms with Crippen LogP contribution in [0.25, 0.3) is 44.0 Å². The highest BCUT2D eigenvalue weighted by Gasteiger charge is 2.30. The fourth-order valence-electron chi connectivity index (χ4n) is 5.98. The number of furan rings is 1. The molecule has 0 radical (unpaired) electrons. The third-order valence-electron chi connectivity index (χ3n) is 7.88. The Morgan fingerprint density at radius 2 is 1.32 bits per heavy atom. The second-order valence-electron chi connectivity index (χ2n) is 10.3. The van der Waals surface area contributed by atoms with Crippen LogP contribution in [-0.4, -0.2) is 12.0 Å². The second-order valence-corrected chi connectivity index (χ2v) is 10.3. The van der Waals surface area contributed by atoms with Crippen LogP contribution in [-0.2, 0) is 6.42 Å². The van der Waals surface area contributed by atoms with Crippen molar-refractivity contribution in [2.24, 2.45) is 5.73 Å². The molecule has 1 aliphatic rings. The molecule has 1 aromatic heterocycles. The van der Waals surface area contributed by atoms with Gasteiger partial charge in [0.25, 0.3) is 0 Å². The molecule has 0 saturated heterocycles. The summed E-state index contributed by atoms with van der Waals surface area (Å²) < 4.78 is 6.31. The number of nitrogens with two attached hydrogens (primary N) is 1. The number of fused-ring (bicyclic) bond motifs is 4. The summed E-state index contributed by atoms with van der Waals surface area (Å²) in [7, 11) is 0. The van der Waals surface area contributed by atoms with Crippen molar-refractivity contribution in [2.45, 2.75) is 19.0 Å². The summed E-state index contributed by atoms with van der Waals surface area (Å²) in [6.45, 7) is 0. The first-order valence-corrected chi connectivity index (χ1v) is 13.7. The summed E-state index contributed by atoms with van der Waals surface area (Å²) in [6, 6.07) is 41.5. The van der Waals surface area contributed by atoms with Gasteiger partial charge >= 0.3 is 0 Å². The molecule has 1 heterocycles. The maximum Gasteiger partial charge on any atom is 0.134 e. The van der Waals surface area contributed by atoms with Crippen molar-refractivity contribution >= 4 is 38.7 Å². The van der Waals surface area contributed by atoms with Gasteiger partial charge in [0.15, 0.2) is 0 Å². The van der Waals surface area contributed by atoms with E-state index in [1.54, 1.807) is 0 Å². The number of aryl methyl sites for hydroxylation is 1. The molecule has 0 spiro atoms. The van der Waals surface area contributed by atoms with Gasteiger partial charge in [-0.25, -0.2) is 0 Å². The number of nitrogens with one attached hydrogen (secondary N) is 2. The van der Waals surface area contributed by atoms with Crippen LogP contribution < -0.4 is 11.1 Å². The van der Waals surface area contributed by atoms with Crippen molar-refractivity contribution in [3.05, 3.63) is 144 Å². The molecule has 1 unspecified atom stereocenters. The van der Waals surface area contributed by atoms with Crippen molar-refractivity contribution in [3.63, 3.8) is 0 Å². The van der Waals surface area contributed by atoms with E-state index in [-0.39, 0.29) is 0 Å². The molecule has 7 rings (SSSR count). The van der Waals surface area contributed by atoms with Gasteiger partial charge in [0.1, 0.15) is 23.3 Å². The standard InChI is InChI=1S/C36H29N3O/c37-35(29-15-8-12-25-11-4-5-13-27(25)29)39-36(38)34-28(21-22-32-33(34)30-14-6-7-16-31(30)40-32)26-19-17-24(18-20-26)23-9-2-1-3-10-23/h1-20,36H,21-22,38H2,(H2,37,39). The first-order valence-electron chi connectivity index (χ1n) is 13.7. The van der Waals surface area contributed by atoms with E-state index in [0.29, 0.717) is 5.84 Å². The predicted octanol–water partition coefficient (Wildman–Crippen LogP) is 8.01. The molecule has 4 nitrogen and oxygen atoms in total. The summed E-state index contributed by atoms with van der Waals surface area (Å²) in [6.07, 6.45) is 1.01. The van der Waals surface area contributed by atoms with Crippen molar-refractivity contribution < 1.29 is 4.42 Å². The number of para-hydroxylation sites is 1. The summed E-state index contributed by atoms with van der Waals surface area (Å²) in [5.74, 6) is 1.25. The van der Waals surface area contributed by atoms with E-state index in [4.69, 9.17) is 15.6 Å². The number of hydrogen-bond donors (Lipinski definition) is 3. The van der Waals surface area contributed by atoms with E-state index >= 15 is 0 Å². The van der Waals surface area contributed by atoms with Gasteiger partial charge in [-0.2, -0.15) is 0 Å². The zero-order valence-corrected chi connectivity index (χ0v) is 22.0. The third-order valence-corrected chi connectivity index (χ3v) is 7.88. The Morgan fingerprint density at radius 3 is 2.15 bits per heavy atom. The highest BCUT2D eigenvalue weighted by atomic mass is 16.3. The summed E-state index contributed by atoms with van der Waals surface area (Å²) in [4.78, 5) is 0. The lowest BCUT2D eigenvalue weighted by atomic mass is 9.83. The normalized spacial score (nSPS) is 13.8. The van der Waals surface area contributed by atoms with Crippen LogP contribution in [0.15, 0.2) is 126 Å². The molecule has 4 heteroatoms. The highest BCUT2D eigenvalue weighted by Crippen LogP contribution is 2.43. The zero-order chi connectivity index (χ0) is 27.1. The monoisotopic (exact) mass is 519 g/mol. The fraction of sp³-hybridized carbons (Fsp3) is 0.0833. The predicted molar refractivity (Wildman–Crippen MR) is 165 cm³/mol. The molecular weight excluding hydrogens is 490 g/mol. The summed E-state index contributed by atoms with van der Waals surface area (Å²) in [5, 5.41) is 15.6. The average Bonchev–Trinajstić information content (AvgIpc) is 3.39. The number of benzene rings is 5. The summed E-state index contributed by atoms with van der Waals surface area (Å²) in [5.41, 5.74) is 15.4. The molecule has 6 aromatic rings. The smallest absolute Gasteiger partial charge is 0.134 e. The van der Waals surface area contributed by atoms with E-state index in [0.717, 1.165) is 62.6 Å². The van der Waals surface area contributed by atoms with Gasteiger partial charge in [-0.3, -0.25) is 5.41 Å². The quantitative estimate of drug-likeness (QED) is 0.123. The van der Waals surface area contributed by atoms with Crippen LogP contribution in [0.5, 0.6) is 0 Å². The van der Waals surface area contributed by atoms with Gasteiger partial charge in [-0.05, 0) is 45.5 Å². The molecule has 40 heavy (non-hydrogen) atoms. The lowest BCUT2D eigenvalue weighted by Crippen LogP contribution is -2.43. The largest absolute Gasteiger partial charge is 0.460 e. The fourth-order valence-corrected chi connectivity index (χ4v) is 5.98. The first-order chi connectivity index (χ1) is 19.7. The Kier molecular flexibility index (Phi) is 6.03. The van der Waals surface area contributed by atoms with Crippen LogP contribution in [0.2, 0.25) is 0 Å². The maximum atomic E-state index is 9.03. The van der Waals surface area contributed by atoms with Crippen LogP contribution in [0.1, 0.15) is 28.9 Å². The number of amidine groups is 1. The molecule has 0 amide bonds. The molecule has 0 saturated carbocycles. The zero-order valence-electron chi connectivity index (χ0n) is 22.0. The van der Waals surface area contributed by atoms with E-state index in [1.165, 1.54) is 16.7 Å². The van der Waals surface area contributed by atoms with Crippen LogP contribution in [0.4, 0.5) is 0 Å². The molecule has 1 aliphatic carbocycles.